The minimum Gasteiger partial charge on any atom is -0.493 e. The van der Waals surface area contributed by atoms with Crippen LogP contribution in [-0.4, -0.2) is 25.8 Å². The fourth-order valence-electron chi connectivity index (χ4n) is 2.04. The molecule has 134 valence electrons. The van der Waals surface area contributed by atoms with Gasteiger partial charge in [-0.2, -0.15) is 5.10 Å². The first kappa shape index (κ1) is 19.5. The number of carbonyl (C=O) groups is 1. The monoisotopic (exact) mass is 418 g/mol. The molecule has 2 rings (SSSR count). The third-order valence-corrected chi connectivity index (χ3v) is 3.95. The lowest BCUT2D eigenvalue weighted by Crippen LogP contribution is -2.19. The summed E-state index contributed by atoms with van der Waals surface area (Å²) in [4.78, 5) is 11.9. The van der Waals surface area contributed by atoms with Crippen LogP contribution in [0.1, 0.15) is 11.1 Å². The van der Waals surface area contributed by atoms with Crippen LogP contribution in [0.25, 0.3) is 0 Å². The molecule has 1 N–H and O–H groups in total. The summed E-state index contributed by atoms with van der Waals surface area (Å²) in [5.41, 5.74) is 3.79. The molecule has 26 heavy (non-hydrogen) atoms. The highest BCUT2D eigenvalue weighted by molar-refractivity contribution is 9.10. The van der Waals surface area contributed by atoms with Gasteiger partial charge >= 0.3 is 0 Å². The van der Waals surface area contributed by atoms with E-state index in [1.807, 2.05) is 0 Å². The van der Waals surface area contributed by atoms with E-state index in [1.165, 1.54) is 25.5 Å². The van der Waals surface area contributed by atoms with Crippen LogP contribution in [0.4, 0.5) is 4.39 Å². The fourth-order valence-corrected chi connectivity index (χ4v) is 2.47. The molecule has 7 heteroatoms. The molecule has 0 saturated heterocycles. The topological polar surface area (TPSA) is 59.9 Å². The lowest BCUT2D eigenvalue weighted by molar-refractivity contribution is -0.120. The highest BCUT2D eigenvalue weighted by Gasteiger charge is 2.09. The first-order valence-corrected chi connectivity index (χ1v) is 8.33. The van der Waals surface area contributed by atoms with Crippen molar-refractivity contribution < 1.29 is 18.7 Å². The van der Waals surface area contributed by atoms with Crippen molar-refractivity contribution in [2.75, 3.05) is 13.7 Å². The maximum absolute atomic E-state index is 12.9. The Morgan fingerprint density at radius 2 is 2.08 bits per heavy atom. The van der Waals surface area contributed by atoms with Crippen molar-refractivity contribution in [2.45, 2.75) is 6.42 Å². The van der Waals surface area contributed by atoms with Gasteiger partial charge in [-0.3, -0.25) is 4.79 Å². The molecule has 0 saturated carbocycles. The van der Waals surface area contributed by atoms with Crippen LogP contribution in [0.15, 0.2) is 46.0 Å². The van der Waals surface area contributed by atoms with Crippen LogP contribution in [0.2, 0.25) is 0 Å². The summed E-state index contributed by atoms with van der Waals surface area (Å²) >= 11 is 3.40. The van der Waals surface area contributed by atoms with Gasteiger partial charge in [-0.05, 0) is 45.8 Å². The Bertz CT molecular complexity index is 845. The SMILES string of the molecule is C#CCOc1cc(Br)c(/C=N/NC(=O)Cc2ccc(F)cc2)cc1OC. The van der Waals surface area contributed by atoms with Gasteiger partial charge in [0.1, 0.15) is 12.4 Å². The summed E-state index contributed by atoms with van der Waals surface area (Å²) in [6.07, 6.45) is 6.76. The Balaban J connectivity index is 2.01. The molecular weight excluding hydrogens is 403 g/mol. The van der Waals surface area contributed by atoms with Crippen LogP contribution in [0.3, 0.4) is 0 Å². The van der Waals surface area contributed by atoms with Crippen molar-refractivity contribution >= 4 is 28.1 Å². The number of nitrogens with one attached hydrogen (secondary N) is 1. The van der Waals surface area contributed by atoms with Gasteiger partial charge < -0.3 is 9.47 Å². The number of carbonyl (C=O) groups excluding carboxylic acids is 1. The number of rotatable bonds is 7. The van der Waals surface area contributed by atoms with Crippen LogP contribution >= 0.6 is 15.9 Å². The molecular formula is C19H16BrFN2O3. The van der Waals surface area contributed by atoms with E-state index < -0.39 is 0 Å². The number of methoxy groups -OCH3 is 1. The highest BCUT2D eigenvalue weighted by Crippen LogP contribution is 2.32. The normalized spacial score (nSPS) is 10.4. The smallest absolute Gasteiger partial charge is 0.244 e. The number of benzene rings is 2. The number of amides is 1. The van der Waals surface area contributed by atoms with E-state index in [0.29, 0.717) is 27.1 Å². The van der Waals surface area contributed by atoms with Gasteiger partial charge in [0.25, 0.3) is 0 Å². The Morgan fingerprint density at radius 1 is 1.35 bits per heavy atom. The molecule has 2 aromatic rings. The number of terminal acetylenes is 1. The summed E-state index contributed by atoms with van der Waals surface area (Å²) in [6.45, 7) is 0.121. The summed E-state index contributed by atoms with van der Waals surface area (Å²) in [6, 6.07) is 9.12. The summed E-state index contributed by atoms with van der Waals surface area (Å²) in [5, 5.41) is 3.93. The third kappa shape index (κ3) is 5.60. The average molecular weight is 419 g/mol. The van der Waals surface area contributed by atoms with Gasteiger partial charge in [0.15, 0.2) is 11.5 Å². The van der Waals surface area contributed by atoms with Gasteiger partial charge in [-0.25, -0.2) is 9.82 Å². The molecule has 0 bridgehead atoms. The molecule has 0 atom stereocenters. The Labute approximate surface area is 159 Å². The Kier molecular flexibility index (Phi) is 7.18. The minimum absolute atomic E-state index is 0.0982. The number of hydrazone groups is 1. The van der Waals surface area contributed by atoms with E-state index in [-0.39, 0.29) is 24.8 Å². The second-order valence-corrected chi connectivity index (χ2v) is 5.97. The van der Waals surface area contributed by atoms with E-state index in [9.17, 15) is 9.18 Å². The van der Waals surface area contributed by atoms with Crippen LogP contribution < -0.4 is 14.9 Å². The molecule has 0 radical (unpaired) electrons. The van der Waals surface area contributed by atoms with Crippen LogP contribution in [0, 0.1) is 18.2 Å². The summed E-state index contributed by atoms with van der Waals surface area (Å²) in [5.74, 6) is 2.71. The number of hydrogen-bond acceptors (Lipinski definition) is 4. The quantitative estimate of drug-likeness (QED) is 0.426. The largest absolute Gasteiger partial charge is 0.493 e. The standard InChI is InChI=1S/C19H16BrFN2O3/c1-3-8-26-18-11-16(20)14(10-17(18)25-2)12-22-23-19(24)9-13-4-6-15(21)7-5-13/h1,4-7,10-12H,8-9H2,2H3,(H,23,24)/b22-12+. The van der Waals surface area contributed by atoms with E-state index in [0.717, 1.165) is 0 Å². The second kappa shape index (κ2) is 9.59. The predicted octanol–water partition coefficient (Wildman–Crippen LogP) is 3.30. The second-order valence-electron chi connectivity index (χ2n) is 5.11. The van der Waals surface area contributed by atoms with Crippen molar-refractivity contribution in [1.82, 2.24) is 5.43 Å². The molecule has 0 fully saturated rings. The van der Waals surface area contributed by atoms with E-state index in [4.69, 9.17) is 15.9 Å². The molecule has 0 aliphatic carbocycles. The Morgan fingerprint density at radius 3 is 2.73 bits per heavy atom. The van der Waals surface area contributed by atoms with Gasteiger partial charge in [-0.15, -0.1) is 6.42 Å². The number of nitrogens with zero attached hydrogens (tertiary/aromatic N) is 1. The Hall–Kier alpha value is -2.85. The summed E-state index contributed by atoms with van der Waals surface area (Å²) < 4.78 is 24.2. The molecule has 5 nitrogen and oxygen atoms in total. The third-order valence-electron chi connectivity index (χ3n) is 3.26. The number of ether oxygens (including phenoxy) is 2. The molecule has 1 amide bonds. The first-order chi connectivity index (χ1) is 12.5. The molecule has 0 spiro atoms. The van der Waals surface area contributed by atoms with E-state index in [1.54, 1.807) is 24.3 Å². The van der Waals surface area contributed by atoms with Crippen LogP contribution in [0.5, 0.6) is 11.5 Å². The number of hydrogen-bond donors (Lipinski definition) is 1. The molecule has 0 heterocycles. The average Bonchev–Trinajstić information content (AvgIpc) is 2.63. The predicted molar refractivity (Wildman–Crippen MR) is 101 cm³/mol. The first-order valence-electron chi connectivity index (χ1n) is 7.53. The number of halogens is 2. The van der Waals surface area contributed by atoms with Gasteiger partial charge in [0.05, 0.1) is 19.7 Å². The van der Waals surface area contributed by atoms with E-state index >= 15 is 0 Å². The summed E-state index contributed by atoms with van der Waals surface area (Å²) in [7, 11) is 1.51. The molecule has 2 aromatic carbocycles. The van der Waals surface area contributed by atoms with Gasteiger partial charge in [-0.1, -0.05) is 18.1 Å². The van der Waals surface area contributed by atoms with Gasteiger partial charge in [0.2, 0.25) is 5.91 Å². The van der Waals surface area contributed by atoms with Crippen LogP contribution in [-0.2, 0) is 11.2 Å². The lowest BCUT2D eigenvalue weighted by Gasteiger charge is -2.10. The fraction of sp³-hybridized carbons (Fsp3) is 0.158. The minimum atomic E-state index is -0.347. The zero-order valence-electron chi connectivity index (χ0n) is 14.0. The maximum atomic E-state index is 12.9. The molecule has 0 aliphatic rings. The molecule has 0 aromatic heterocycles. The van der Waals surface area contributed by atoms with Crippen molar-refractivity contribution in [3.63, 3.8) is 0 Å². The zero-order valence-corrected chi connectivity index (χ0v) is 15.5. The zero-order chi connectivity index (χ0) is 18.9. The van der Waals surface area contributed by atoms with Crippen molar-refractivity contribution in [2.24, 2.45) is 5.10 Å². The molecule has 0 unspecified atom stereocenters. The van der Waals surface area contributed by atoms with Gasteiger partial charge in [0, 0.05) is 10.0 Å². The van der Waals surface area contributed by atoms with E-state index in [2.05, 4.69) is 32.4 Å². The lowest BCUT2D eigenvalue weighted by atomic mass is 10.1. The highest BCUT2D eigenvalue weighted by atomic mass is 79.9. The molecule has 0 aliphatic heterocycles. The van der Waals surface area contributed by atoms with Crippen molar-refractivity contribution in [1.29, 1.82) is 0 Å². The maximum Gasteiger partial charge on any atom is 0.244 e. The van der Waals surface area contributed by atoms with Crippen molar-refractivity contribution in [3.05, 3.63) is 57.8 Å². The van der Waals surface area contributed by atoms with Crippen molar-refractivity contribution in [3.8, 4) is 23.8 Å².